The largest absolute Gasteiger partial charge is 0.217 e. The number of hydrogen-bond donors (Lipinski definition) is 0. The molecule has 2 aromatic carbocycles. The minimum absolute atomic E-state index is 0.268. The van der Waals surface area contributed by atoms with Gasteiger partial charge in [0.1, 0.15) is 11.5 Å². The number of halogens is 1. The summed E-state index contributed by atoms with van der Waals surface area (Å²) in [7, 11) is 0. The maximum atomic E-state index is 13.2. The van der Waals surface area contributed by atoms with Gasteiger partial charge in [-0.15, -0.1) is 10.2 Å². The van der Waals surface area contributed by atoms with Gasteiger partial charge in [0.2, 0.25) is 0 Å². The third kappa shape index (κ3) is 2.34. The van der Waals surface area contributed by atoms with E-state index in [1.165, 1.54) is 12.1 Å². The molecule has 0 radical (unpaired) electrons. The molecule has 0 aliphatic rings. The molecule has 0 saturated heterocycles. The van der Waals surface area contributed by atoms with Gasteiger partial charge in [-0.25, -0.2) is 9.07 Å². The minimum Gasteiger partial charge on any atom is -0.217 e. The highest BCUT2D eigenvalue weighted by atomic mass is 19.1. The van der Waals surface area contributed by atoms with Gasteiger partial charge in [0.25, 0.3) is 0 Å². The molecule has 118 valence electrons. The molecule has 0 aliphatic heterocycles. The van der Waals surface area contributed by atoms with E-state index in [0.29, 0.717) is 5.82 Å². The van der Waals surface area contributed by atoms with E-state index in [1.54, 1.807) is 16.8 Å². The van der Waals surface area contributed by atoms with Gasteiger partial charge < -0.3 is 0 Å². The minimum atomic E-state index is -0.268. The lowest BCUT2D eigenvalue weighted by molar-refractivity contribution is 0.628. The molecule has 0 fully saturated rings. The molecule has 0 spiro atoms. The molecule has 0 saturated carbocycles. The molecule has 4 rings (SSSR count). The Labute approximate surface area is 138 Å². The number of aromatic nitrogens is 4. The molecule has 0 aliphatic carbocycles. The van der Waals surface area contributed by atoms with Gasteiger partial charge in [0.05, 0.1) is 5.69 Å². The van der Waals surface area contributed by atoms with Crippen LogP contribution in [0.5, 0.6) is 0 Å². The van der Waals surface area contributed by atoms with Crippen molar-refractivity contribution in [2.75, 3.05) is 0 Å². The van der Waals surface area contributed by atoms with Crippen LogP contribution in [0.15, 0.2) is 54.6 Å². The van der Waals surface area contributed by atoms with Crippen LogP contribution in [0.1, 0.15) is 11.4 Å². The van der Waals surface area contributed by atoms with Crippen molar-refractivity contribution in [2.24, 2.45) is 0 Å². The summed E-state index contributed by atoms with van der Waals surface area (Å²) >= 11 is 0. The summed E-state index contributed by atoms with van der Waals surface area (Å²) in [6.07, 6.45) is 0. The Bertz CT molecular complexity index is 1040. The average Bonchev–Trinajstić information content (AvgIpc) is 2.93. The van der Waals surface area contributed by atoms with E-state index in [9.17, 15) is 4.39 Å². The molecule has 4 nitrogen and oxygen atoms in total. The van der Waals surface area contributed by atoms with Crippen LogP contribution in [-0.4, -0.2) is 20.0 Å². The van der Waals surface area contributed by atoms with E-state index < -0.39 is 0 Å². The van der Waals surface area contributed by atoms with Crippen LogP contribution in [0.4, 0.5) is 4.39 Å². The van der Waals surface area contributed by atoms with Gasteiger partial charge in [0, 0.05) is 22.0 Å². The first-order valence-corrected chi connectivity index (χ1v) is 7.68. The molecule has 0 amide bonds. The van der Waals surface area contributed by atoms with Crippen molar-refractivity contribution in [3.63, 3.8) is 0 Å². The zero-order chi connectivity index (χ0) is 16.7. The van der Waals surface area contributed by atoms with Crippen molar-refractivity contribution < 1.29 is 4.39 Å². The third-order valence-electron chi connectivity index (χ3n) is 4.00. The highest BCUT2D eigenvalue weighted by Crippen LogP contribution is 2.29. The van der Waals surface area contributed by atoms with E-state index in [0.717, 1.165) is 33.4 Å². The van der Waals surface area contributed by atoms with Crippen LogP contribution in [0.2, 0.25) is 0 Å². The number of hydrogen-bond acceptors (Lipinski definition) is 3. The summed E-state index contributed by atoms with van der Waals surface area (Å²) in [4.78, 5) is 0. The normalized spacial score (nSPS) is 11.1. The van der Waals surface area contributed by atoms with E-state index in [2.05, 4.69) is 15.3 Å². The summed E-state index contributed by atoms with van der Waals surface area (Å²) in [5.74, 6) is 0.428. The van der Waals surface area contributed by atoms with E-state index in [-0.39, 0.29) is 5.82 Å². The second-order valence-corrected chi connectivity index (χ2v) is 5.76. The molecule has 0 unspecified atom stereocenters. The van der Waals surface area contributed by atoms with E-state index in [4.69, 9.17) is 0 Å². The lowest BCUT2D eigenvalue weighted by atomic mass is 10.0. The second-order valence-electron chi connectivity index (χ2n) is 5.76. The van der Waals surface area contributed by atoms with Gasteiger partial charge in [-0.2, -0.15) is 5.10 Å². The predicted molar refractivity (Wildman–Crippen MR) is 91.5 cm³/mol. The number of rotatable bonds is 2. The summed E-state index contributed by atoms with van der Waals surface area (Å²) in [5, 5.41) is 15.2. The third-order valence-corrected chi connectivity index (χ3v) is 4.00. The van der Waals surface area contributed by atoms with Crippen molar-refractivity contribution in [3.05, 3.63) is 71.8 Å². The molecule has 2 heterocycles. The molecular formula is C19H15FN4. The van der Waals surface area contributed by atoms with Gasteiger partial charge >= 0.3 is 0 Å². The van der Waals surface area contributed by atoms with Crippen LogP contribution in [0.3, 0.4) is 0 Å². The fraction of sp³-hybridized carbons (Fsp3) is 0.105. The first kappa shape index (κ1) is 14.5. The van der Waals surface area contributed by atoms with Gasteiger partial charge in [-0.1, -0.05) is 24.3 Å². The number of benzene rings is 2. The van der Waals surface area contributed by atoms with Crippen molar-refractivity contribution in [2.45, 2.75) is 13.8 Å². The molecule has 24 heavy (non-hydrogen) atoms. The number of fused-ring (bicyclic) bond motifs is 1. The first-order chi connectivity index (χ1) is 11.6. The van der Waals surface area contributed by atoms with Gasteiger partial charge in [0.15, 0.2) is 5.82 Å². The maximum Gasteiger partial charge on any atom is 0.183 e. The Kier molecular flexibility index (Phi) is 3.34. The maximum absolute atomic E-state index is 13.2. The van der Waals surface area contributed by atoms with Crippen molar-refractivity contribution >= 4 is 10.8 Å². The molecule has 2 aromatic heterocycles. The molecule has 5 heteroatoms. The number of nitrogens with zero attached hydrogens (tertiary/aromatic N) is 4. The highest BCUT2D eigenvalue weighted by molar-refractivity contribution is 5.97. The van der Waals surface area contributed by atoms with Crippen molar-refractivity contribution in [1.29, 1.82) is 0 Å². The van der Waals surface area contributed by atoms with Crippen molar-refractivity contribution in [3.8, 4) is 17.1 Å². The van der Waals surface area contributed by atoms with Gasteiger partial charge in [-0.3, -0.25) is 0 Å². The summed E-state index contributed by atoms with van der Waals surface area (Å²) in [6, 6.07) is 16.2. The van der Waals surface area contributed by atoms with Gasteiger partial charge in [-0.05, 0) is 44.2 Å². The Hall–Kier alpha value is -3.08. The molecule has 0 bridgehead atoms. The zero-order valence-electron chi connectivity index (χ0n) is 13.4. The average molecular weight is 318 g/mol. The Balaban J connectivity index is 1.99. The summed E-state index contributed by atoms with van der Waals surface area (Å²) in [6.45, 7) is 3.94. The summed E-state index contributed by atoms with van der Waals surface area (Å²) in [5.41, 5.74) is 3.50. The van der Waals surface area contributed by atoms with E-state index >= 15 is 0 Å². The zero-order valence-corrected chi connectivity index (χ0v) is 13.4. The second kappa shape index (κ2) is 5.53. The molecule has 0 atom stereocenters. The summed E-state index contributed by atoms with van der Waals surface area (Å²) < 4.78 is 15.0. The standard InChI is InChI=1S/C19H15FN4/c1-12-11-13(2)24(23-12)19-17-6-4-3-5-16(17)18(21-22-19)14-7-9-15(20)10-8-14/h3-11H,1-2H3. The van der Waals surface area contributed by atoms with Crippen LogP contribution < -0.4 is 0 Å². The number of aryl methyl sites for hydroxylation is 2. The first-order valence-electron chi connectivity index (χ1n) is 7.68. The highest BCUT2D eigenvalue weighted by Gasteiger charge is 2.14. The SMILES string of the molecule is Cc1cc(C)n(-c2nnc(-c3ccc(F)cc3)c3ccccc23)n1. The molecule has 0 N–H and O–H groups in total. The smallest absolute Gasteiger partial charge is 0.183 e. The van der Waals surface area contributed by atoms with Crippen LogP contribution in [0.25, 0.3) is 27.8 Å². The lowest BCUT2D eigenvalue weighted by Gasteiger charge is -2.10. The quantitative estimate of drug-likeness (QED) is 0.555. The lowest BCUT2D eigenvalue weighted by Crippen LogP contribution is -2.05. The predicted octanol–water partition coefficient (Wildman–Crippen LogP) is 4.24. The molecular weight excluding hydrogens is 303 g/mol. The van der Waals surface area contributed by atoms with E-state index in [1.807, 2.05) is 44.2 Å². The monoisotopic (exact) mass is 318 g/mol. The van der Waals surface area contributed by atoms with Crippen LogP contribution >= 0.6 is 0 Å². The Morgan fingerprint density at radius 3 is 2.25 bits per heavy atom. The Morgan fingerprint density at radius 2 is 1.58 bits per heavy atom. The fourth-order valence-corrected chi connectivity index (χ4v) is 2.91. The fourth-order valence-electron chi connectivity index (χ4n) is 2.91. The van der Waals surface area contributed by atoms with Crippen LogP contribution in [0, 0.1) is 19.7 Å². The Morgan fingerprint density at radius 1 is 0.875 bits per heavy atom. The topological polar surface area (TPSA) is 43.6 Å². The van der Waals surface area contributed by atoms with Crippen molar-refractivity contribution in [1.82, 2.24) is 20.0 Å². The van der Waals surface area contributed by atoms with Crippen LogP contribution in [-0.2, 0) is 0 Å². The molecule has 4 aromatic rings.